The summed E-state index contributed by atoms with van der Waals surface area (Å²) < 4.78 is 11.4. The van der Waals surface area contributed by atoms with Crippen molar-refractivity contribution in [3.05, 3.63) is 23.8 Å². The minimum atomic E-state index is 0.278. The lowest BCUT2D eigenvalue weighted by Crippen LogP contribution is -2.05. The van der Waals surface area contributed by atoms with Crippen LogP contribution in [0.1, 0.15) is 37.2 Å². The zero-order valence-corrected chi connectivity index (χ0v) is 10.6. The van der Waals surface area contributed by atoms with E-state index in [-0.39, 0.29) is 5.38 Å². The van der Waals surface area contributed by atoms with Gasteiger partial charge in [0.05, 0.1) is 13.2 Å². The Morgan fingerprint density at radius 2 is 1.82 bits per heavy atom. The first-order valence-electron chi connectivity index (χ1n) is 6.38. The number of hydrogen-bond acceptors (Lipinski definition) is 2. The van der Waals surface area contributed by atoms with Gasteiger partial charge in [0.1, 0.15) is 0 Å². The van der Waals surface area contributed by atoms with Crippen molar-refractivity contribution >= 4 is 11.6 Å². The lowest BCUT2D eigenvalue weighted by Gasteiger charge is -2.16. The maximum absolute atomic E-state index is 6.36. The Morgan fingerprint density at radius 3 is 2.59 bits per heavy atom. The number of alkyl halides is 1. The monoisotopic (exact) mass is 252 g/mol. The fraction of sp³-hybridized carbons (Fsp3) is 0.571. The molecule has 1 aliphatic heterocycles. The molecule has 0 aromatic heterocycles. The molecule has 0 radical (unpaired) electrons. The third-order valence-electron chi connectivity index (χ3n) is 3.63. The summed E-state index contributed by atoms with van der Waals surface area (Å²) in [6.45, 7) is 1.49. The minimum absolute atomic E-state index is 0.278. The van der Waals surface area contributed by atoms with Gasteiger partial charge in [-0.3, -0.25) is 0 Å². The van der Waals surface area contributed by atoms with E-state index in [1.165, 1.54) is 18.4 Å². The highest BCUT2D eigenvalue weighted by atomic mass is 35.5. The van der Waals surface area contributed by atoms with E-state index in [1.807, 2.05) is 6.07 Å². The Labute approximate surface area is 107 Å². The summed E-state index contributed by atoms with van der Waals surface area (Å²) in [6.07, 6.45) is 4.49. The first-order chi connectivity index (χ1) is 8.34. The van der Waals surface area contributed by atoms with Crippen LogP contribution in [0, 0.1) is 0 Å². The molecule has 2 aliphatic rings. The first-order valence-corrected chi connectivity index (χ1v) is 6.82. The maximum atomic E-state index is 6.36. The SMILES string of the molecule is ClC1CCCC1c1ccc2c(c1)OCCCO2. The molecule has 0 saturated heterocycles. The third kappa shape index (κ3) is 2.23. The molecule has 2 unspecified atom stereocenters. The predicted octanol–water partition coefficient (Wildman–Crippen LogP) is 3.72. The maximum Gasteiger partial charge on any atom is 0.161 e. The van der Waals surface area contributed by atoms with Crippen LogP contribution in [0.15, 0.2) is 18.2 Å². The summed E-state index contributed by atoms with van der Waals surface area (Å²) in [4.78, 5) is 0. The van der Waals surface area contributed by atoms with Crippen LogP contribution >= 0.6 is 11.6 Å². The molecule has 17 heavy (non-hydrogen) atoms. The molecule has 0 N–H and O–H groups in total. The van der Waals surface area contributed by atoms with Crippen LogP contribution in [0.5, 0.6) is 11.5 Å². The van der Waals surface area contributed by atoms with Crippen molar-refractivity contribution in [2.24, 2.45) is 0 Å². The highest BCUT2D eigenvalue weighted by Crippen LogP contribution is 2.41. The van der Waals surface area contributed by atoms with Crippen LogP contribution < -0.4 is 9.47 Å². The van der Waals surface area contributed by atoms with Crippen molar-refractivity contribution in [2.75, 3.05) is 13.2 Å². The van der Waals surface area contributed by atoms with Crippen LogP contribution in [0.3, 0.4) is 0 Å². The smallest absolute Gasteiger partial charge is 0.161 e. The second-order valence-corrected chi connectivity index (χ2v) is 5.37. The molecule has 2 nitrogen and oxygen atoms in total. The predicted molar refractivity (Wildman–Crippen MR) is 68.3 cm³/mol. The average Bonchev–Trinajstić information content (AvgIpc) is 2.64. The number of fused-ring (bicyclic) bond motifs is 1. The number of benzene rings is 1. The van der Waals surface area contributed by atoms with E-state index in [0.29, 0.717) is 5.92 Å². The Kier molecular flexibility index (Phi) is 3.15. The van der Waals surface area contributed by atoms with Gasteiger partial charge in [0, 0.05) is 17.7 Å². The molecule has 3 heteroatoms. The molecule has 0 spiro atoms. The highest BCUT2D eigenvalue weighted by molar-refractivity contribution is 6.21. The van der Waals surface area contributed by atoms with Gasteiger partial charge < -0.3 is 9.47 Å². The van der Waals surface area contributed by atoms with Crippen LogP contribution in [0.4, 0.5) is 0 Å². The van der Waals surface area contributed by atoms with Gasteiger partial charge >= 0.3 is 0 Å². The lowest BCUT2D eigenvalue weighted by molar-refractivity contribution is 0.297. The van der Waals surface area contributed by atoms with E-state index in [9.17, 15) is 0 Å². The average molecular weight is 253 g/mol. The third-order valence-corrected chi connectivity index (χ3v) is 4.15. The Morgan fingerprint density at radius 1 is 1.00 bits per heavy atom. The largest absolute Gasteiger partial charge is 0.490 e. The van der Waals surface area contributed by atoms with Crippen molar-refractivity contribution in [2.45, 2.75) is 37.0 Å². The van der Waals surface area contributed by atoms with Gasteiger partial charge in [0.25, 0.3) is 0 Å². The van der Waals surface area contributed by atoms with Crippen molar-refractivity contribution in [3.63, 3.8) is 0 Å². The van der Waals surface area contributed by atoms with E-state index in [2.05, 4.69) is 12.1 Å². The zero-order valence-electron chi connectivity index (χ0n) is 9.82. The molecule has 3 rings (SSSR count). The summed E-state index contributed by atoms with van der Waals surface area (Å²) in [5.41, 5.74) is 1.30. The van der Waals surface area contributed by atoms with E-state index >= 15 is 0 Å². The lowest BCUT2D eigenvalue weighted by atomic mass is 9.97. The summed E-state index contributed by atoms with van der Waals surface area (Å²) >= 11 is 6.36. The van der Waals surface area contributed by atoms with Gasteiger partial charge in [0.15, 0.2) is 11.5 Å². The van der Waals surface area contributed by atoms with Crippen molar-refractivity contribution in [3.8, 4) is 11.5 Å². The van der Waals surface area contributed by atoms with Crippen LogP contribution in [0.2, 0.25) is 0 Å². The van der Waals surface area contributed by atoms with E-state index in [4.69, 9.17) is 21.1 Å². The second-order valence-electron chi connectivity index (χ2n) is 4.81. The van der Waals surface area contributed by atoms with Crippen LogP contribution in [-0.2, 0) is 0 Å². The summed E-state index contributed by atoms with van der Waals surface area (Å²) in [6, 6.07) is 6.28. The fourth-order valence-corrected chi connectivity index (χ4v) is 3.13. The number of halogens is 1. The zero-order chi connectivity index (χ0) is 11.7. The van der Waals surface area contributed by atoms with E-state index in [1.54, 1.807) is 0 Å². The summed E-state index contributed by atoms with van der Waals surface area (Å²) in [5, 5.41) is 0.278. The van der Waals surface area contributed by atoms with Crippen LogP contribution in [-0.4, -0.2) is 18.6 Å². The quantitative estimate of drug-likeness (QED) is 0.709. The summed E-state index contributed by atoms with van der Waals surface area (Å²) in [5.74, 6) is 2.24. The number of ether oxygens (including phenoxy) is 2. The number of hydrogen-bond donors (Lipinski definition) is 0. The van der Waals surface area contributed by atoms with E-state index in [0.717, 1.165) is 37.6 Å². The van der Waals surface area contributed by atoms with Gasteiger partial charge in [-0.2, -0.15) is 0 Å². The van der Waals surface area contributed by atoms with Gasteiger partial charge in [-0.05, 0) is 30.5 Å². The highest BCUT2D eigenvalue weighted by Gasteiger charge is 2.27. The Hall–Kier alpha value is -0.890. The molecule has 1 aromatic carbocycles. The molecular formula is C14H17ClO2. The molecule has 1 aromatic rings. The van der Waals surface area contributed by atoms with Crippen molar-refractivity contribution in [1.82, 2.24) is 0 Å². The van der Waals surface area contributed by atoms with Crippen molar-refractivity contribution in [1.29, 1.82) is 0 Å². The minimum Gasteiger partial charge on any atom is -0.490 e. The Bertz CT molecular complexity index is 405. The van der Waals surface area contributed by atoms with Gasteiger partial charge in [-0.15, -0.1) is 11.6 Å². The molecule has 1 fully saturated rings. The molecule has 0 amide bonds. The molecule has 92 valence electrons. The van der Waals surface area contributed by atoms with Gasteiger partial charge in [-0.25, -0.2) is 0 Å². The molecule has 1 saturated carbocycles. The van der Waals surface area contributed by atoms with E-state index < -0.39 is 0 Å². The van der Waals surface area contributed by atoms with Gasteiger partial charge in [0.2, 0.25) is 0 Å². The summed E-state index contributed by atoms with van der Waals surface area (Å²) in [7, 11) is 0. The normalized spacial score (nSPS) is 27.8. The second kappa shape index (κ2) is 4.77. The van der Waals surface area contributed by atoms with Crippen molar-refractivity contribution < 1.29 is 9.47 Å². The molecule has 0 bridgehead atoms. The standard InChI is InChI=1S/C14H17ClO2/c15-12-4-1-3-11(12)10-5-6-13-14(9-10)17-8-2-7-16-13/h5-6,9,11-12H,1-4,7-8H2. The molecular weight excluding hydrogens is 236 g/mol. The number of rotatable bonds is 1. The molecule has 1 heterocycles. The Balaban J connectivity index is 1.89. The molecule has 1 aliphatic carbocycles. The molecule has 2 atom stereocenters. The fourth-order valence-electron chi connectivity index (χ4n) is 2.70. The first kappa shape index (κ1) is 11.2. The van der Waals surface area contributed by atoms with Crippen LogP contribution in [0.25, 0.3) is 0 Å². The van der Waals surface area contributed by atoms with Gasteiger partial charge in [-0.1, -0.05) is 12.5 Å². The topological polar surface area (TPSA) is 18.5 Å².